The standard InChI is InChI=1S/C21H27N3O4/c1-6-7-8-26-18-11-15(2)20(16(3)12-18)28-10-9-27-19-13-22-21(23-14-19)17(4)24-25-5/h6-7,11-14H,8-10H2,1-5H3/b7-6+,24-17+. The van der Waals surface area contributed by atoms with Crippen molar-refractivity contribution < 1.29 is 19.0 Å². The molecule has 0 radical (unpaired) electrons. The highest BCUT2D eigenvalue weighted by Crippen LogP contribution is 2.28. The summed E-state index contributed by atoms with van der Waals surface area (Å²) in [5, 5.41) is 3.80. The summed E-state index contributed by atoms with van der Waals surface area (Å²) in [6.07, 6.45) is 7.13. The molecule has 0 aliphatic heterocycles. The predicted octanol–water partition coefficient (Wildman–Crippen LogP) is 3.88. The van der Waals surface area contributed by atoms with Crippen molar-refractivity contribution in [2.75, 3.05) is 26.9 Å². The summed E-state index contributed by atoms with van der Waals surface area (Å²) in [4.78, 5) is 13.1. The van der Waals surface area contributed by atoms with Crippen LogP contribution in [0.15, 0.2) is 41.8 Å². The van der Waals surface area contributed by atoms with Gasteiger partial charge in [0, 0.05) is 0 Å². The minimum atomic E-state index is 0.381. The van der Waals surface area contributed by atoms with E-state index in [1.807, 2.05) is 45.1 Å². The molecule has 1 heterocycles. The Kier molecular flexibility index (Phi) is 8.27. The Morgan fingerprint density at radius 3 is 2.25 bits per heavy atom. The average molecular weight is 385 g/mol. The van der Waals surface area contributed by atoms with Gasteiger partial charge in [0.25, 0.3) is 0 Å². The van der Waals surface area contributed by atoms with E-state index in [0.717, 1.165) is 22.6 Å². The number of rotatable bonds is 10. The Morgan fingerprint density at radius 2 is 1.64 bits per heavy atom. The van der Waals surface area contributed by atoms with Crippen LogP contribution in [0.25, 0.3) is 0 Å². The summed E-state index contributed by atoms with van der Waals surface area (Å²) < 4.78 is 17.2. The first-order valence-corrected chi connectivity index (χ1v) is 9.06. The van der Waals surface area contributed by atoms with Crippen molar-refractivity contribution in [1.29, 1.82) is 0 Å². The molecule has 2 aromatic rings. The van der Waals surface area contributed by atoms with Gasteiger partial charge in [-0.05, 0) is 51.0 Å². The molecule has 0 amide bonds. The third-order valence-electron chi connectivity index (χ3n) is 3.79. The number of ether oxygens (including phenoxy) is 3. The van der Waals surface area contributed by atoms with Gasteiger partial charge in [-0.1, -0.05) is 17.3 Å². The first-order chi connectivity index (χ1) is 13.5. The topological polar surface area (TPSA) is 75.1 Å². The van der Waals surface area contributed by atoms with E-state index in [4.69, 9.17) is 19.0 Å². The number of nitrogens with zero attached hydrogens (tertiary/aromatic N) is 3. The second kappa shape index (κ2) is 10.9. The van der Waals surface area contributed by atoms with Gasteiger partial charge in [0.2, 0.25) is 0 Å². The molecule has 0 atom stereocenters. The van der Waals surface area contributed by atoms with Crippen LogP contribution in [0, 0.1) is 13.8 Å². The van der Waals surface area contributed by atoms with Crippen molar-refractivity contribution in [1.82, 2.24) is 9.97 Å². The molecule has 0 aliphatic carbocycles. The molecule has 7 heteroatoms. The highest BCUT2D eigenvalue weighted by Gasteiger charge is 2.08. The molecule has 0 N–H and O–H groups in total. The highest BCUT2D eigenvalue weighted by molar-refractivity contribution is 5.94. The van der Waals surface area contributed by atoms with E-state index in [9.17, 15) is 0 Å². The van der Waals surface area contributed by atoms with Gasteiger partial charge < -0.3 is 19.0 Å². The highest BCUT2D eigenvalue weighted by atomic mass is 16.6. The second-order valence-electron chi connectivity index (χ2n) is 6.06. The lowest BCUT2D eigenvalue weighted by molar-refractivity contribution is 0.212. The van der Waals surface area contributed by atoms with Crippen LogP contribution in [-0.4, -0.2) is 42.6 Å². The maximum Gasteiger partial charge on any atom is 0.177 e. The van der Waals surface area contributed by atoms with Crippen LogP contribution in [0.5, 0.6) is 17.2 Å². The first-order valence-electron chi connectivity index (χ1n) is 9.06. The van der Waals surface area contributed by atoms with Gasteiger partial charge in [0.1, 0.15) is 44.1 Å². The predicted molar refractivity (Wildman–Crippen MR) is 108 cm³/mol. The number of benzene rings is 1. The van der Waals surface area contributed by atoms with E-state index in [1.54, 1.807) is 19.3 Å². The lowest BCUT2D eigenvalue weighted by Crippen LogP contribution is -2.11. The Balaban J connectivity index is 1.85. The summed E-state index contributed by atoms with van der Waals surface area (Å²) in [6.45, 7) is 9.09. The summed E-state index contributed by atoms with van der Waals surface area (Å²) in [5.74, 6) is 2.74. The van der Waals surface area contributed by atoms with E-state index in [0.29, 0.717) is 37.1 Å². The third kappa shape index (κ3) is 6.26. The molecule has 7 nitrogen and oxygen atoms in total. The number of aromatic nitrogens is 2. The molecule has 0 fully saturated rings. The molecule has 0 spiro atoms. The normalized spacial score (nSPS) is 11.5. The quantitative estimate of drug-likeness (QED) is 0.267. The summed E-state index contributed by atoms with van der Waals surface area (Å²) in [5.41, 5.74) is 2.65. The van der Waals surface area contributed by atoms with Crippen LogP contribution in [0.3, 0.4) is 0 Å². The van der Waals surface area contributed by atoms with Crippen LogP contribution in [0.4, 0.5) is 0 Å². The minimum absolute atomic E-state index is 0.381. The van der Waals surface area contributed by atoms with Crippen LogP contribution in [0.1, 0.15) is 30.8 Å². The van der Waals surface area contributed by atoms with Gasteiger partial charge in [-0.15, -0.1) is 0 Å². The van der Waals surface area contributed by atoms with E-state index < -0.39 is 0 Å². The fourth-order valence-corrected chi connectivity index (χ4v) is 2.52. The monoisotopic (exact) mass is 385 g/mol. The van der Waals surface area contributed by atoms with Gasteiger partial charge in [0.05, 0.1) is 12.4 Å². The minimum Gasteiger partial charge on any atom is -0.490 e. The second-order valence-corrected chi connectivity index (χ2v) is 6.06. The van der Waals surface area contributed by atoms with Crippen LogP contribution in [0.2, 0.25) is 0 Å². The number of allylic oxidation sites excluding steroid dienone is 1. The Morgan fingerprint density at radius 1 is 1.00 bits per heavy atom. The van der Waals surface area contributed by atoms with E-state index in [-0.39, 0.29) is 0 Å². The van der Waals surface area contributed by atoms with Gasteiger partial charge in [-0.25, -0.2) is 9.97 Å². The van der Waals surface area contributed by atoms with Gasteiger partial charge in [-0.2, -0.15) is 0 Å². The van der Waals surface area contributed by atoms with Crippen LogP contribution >= 0.6 is 0 Å². The Bertz CT molecular complexity index is 794. The molecule has 2 rings (SSSR count). The zero-order chi connectivity index (χ0) is 20.4. The Hall–Kier alpha value is -3.09. The first kappa shape index (κ1) is 21.2. The molecular formula is C21H27N3O4. The maximum absolute atomic E-state index is 5.89. The van der Waals surface area contributed by atoms with Crippen molar-refractivity contribution in [3.8, 4) is 17.2 Å². The van der Waals surface area contributed by atoms with Gasteiger partial charge in [0.15, 0.2) is 11.6 Å². The molecule has 0 saturated carbocycles. The van der Waals surface area contributed by atoms with E-state index in [2.05, 4.69) is 15.1 Å². The number of oxime groups is 1. The van der Waals surface area contributed by atoms with Crippen molar-refractivity contribution in [3.63, 3.8) is 0 Å². The molecule has 28 heavy (non-hydrogen) atoms. The van der Waals surface area contributed by atoms with Crippen molar-refractivity contribution in [3.05, 3.63) is 53.6 Å². The van der Waals surface area contributed by atoms with Crippen molar-refractivity contribution >= 4 is 5.71 Å². The fraction of sp³-hybridized carbons (Fsp3) is 0.381. The molecule has 0 saturated heterocycles. The van der Waals surface area contributed by atoms with Gasteiger partial charge in [-0.3, -0.25) is 0 Å². The molecule has 0 unspecified atom stereocenters. The number of hydrogen-bond donors (Lipinski definition) is 0. The third-order valence-corrected chi connectivity index (χ3v) is 3.79. The zero-order valence-electron chi connectivity index (χ0n) is 17.1. The average Bonchev–Trinajstić information content (AvgIpc) is 2.67. The molecular weight excluding hydrogens is 358 g/mol. The van der Waals surface area contributed by atoms with Crippen LogP contribution < -0.4 is 14.2 Å². The lowest BCUT2D eigenvalue weighted by Gasteiger charge is -2.14. The summed E-state index contributed by atoms with van der Waals surface area (Å²) in [6, 6.07) is 3.95. The van der Waals surface area contributed by atoms with Crippen LogP contribution in [-0.2, 0) is 4.84 Å². The maximum atomic E-state index is 5.89. The zero-order valence-corrected chi connectivity index (χ0v) is 17.1. The molecule has 0 bridgehead atoms. The lowest BCUT2D eigenvalue weighted by atomic mass is 10.1. The van der Waals surface area contributed by atoms with Crippen molar-refractivity contribution in [2.24, 2.45) is 5.16 Å². The summed E-state index contributed by atoms with van der Waals surface area (Å²) >= 11 is 0. The molecule has 1 aromatic heterocycles. The number of hydrogen-bond acceptors (Lipinski definition) is 7. The molecule has 150 valence electrons. The largest absolute Gasteiger partial charge is 0.490 e. The smallest absolute Gasteiger partial charge is 0.177 e. The fourth-order valence-electron chi connectivity index (χ4n) is 2.52. The SMILES string of the molecule is C/C=C/COc1cc(C)c(OCCOc2cnc(/C(C)=N/OC)nc2)c(C)c1. The number of aryl methyl sites for hydroxylation is 2. The summed E-state index contributed by atoms with van der Waals surface area (Å²) in [7, 11) is 1.48. The van der Waals surface area contributed by atoms with Gasteiger partial charge >= 0.3 is 0 Å². The van der Waals surface area contributed by atoms with Crippen molar-refractivity contribution in [2.45, 2.75) is 27.7 Å². The molecule has 0 aliphatic rings. The Labute approximate surface area is 166 Å². The van der Waals surface area contributed by atoms with E-state index in [1.165, 1.54) is 7.11 Å². The van der Waals surface area contributed by atoms with E-state index >= 15 is 0 Å². The molecule has 1 aromatic carbocycles.